The molecule has 0 spiro atoms. The molecule has 1 saturated heterocycles. The number of carbonyl (C=O) groups is 1. The van der Waals surface area contributed by atoms with Crippen LogP contribution in [-0.2, 0) is 10.5 Å². The monoisotopic (exact) mass is 383 g/mol. The van der Waals surface area contributed by atoms with E-state index in [0.29, 0.717) is 6.54 Å². The van der Waals surface area contributed by atoms with Crippen LogP contribution in [0.2, 0.25) is 0 Å². The molecule has 0 aliphatic carbocycles. The number of para-hydroxylation sites is 1. The molecule has 0 aromatic heterocycles. The van der Waals surface area contributed by atoms with E-state index in [1.807, 2.05) is 17.8 Å². The highest BCUT2D eigenvalue weighted by Gasteiger charge is 2.19. The minimum absolute atomic E-state index is 0.139. The van der Waals surface area contributed by atoms with Crippen LogP contribution >= 0.6 is 11.8 Å². The Labute approximate surface area is 166 Å². The van der Waals surface area contributed by atoms with E-state index in [1.165, 1.54) is 16.8 Å². The predicted molar refractivity (Wildman–Crippen MR) is 115 cm³/mol. The number of nitrogens with zero attached hydrogens (tertiary/aromatic N) is 2. The van der Waals surface area contributed by atoms with Gasteiger partial charge in [-0.25, -0.2) is 0 Å². The van der Waals surface area contributed by atoms with Crippen molar-refractivity contribution in [1.29, 1.82) is 0 Å². The lowest BCUT2D eigenvalue weighted by Gasteiger charge is -2.36. The summed E-state index contributed by atoms with van der Waals surface area (Å²) < 4.78 is 0. The van der Waals surface area contributed by atoms with Gasteiger partial charge in [-0.3, -0.25) is 9.69 Å². The van der Waals surface area contributed by atoms with Crippen molar-refractivity contribution in [2.75, 3.05) is 49.9 Å². The topological polar surface area (TPSA) is 35.6 Å². The van der Waals surface area contributed by atoms with Gasteiger partial charge in [0.25, 0.3) is 0 Å². The maximum absolute atomic E-state index is 12.2. The molecule has 144 valence electrons. The summed E-state index contributed by atoms with van der Waals surface area (Å²) in [5, 5.41) is 3.05. The second-order valence-corrected chi connectivity index (χ2v) is 8.04. The molecule has 4 nitrogen and oxygen atoms in total. The highest BCUT2D eigenvalue weighted by atomic mass is 32.2. The van der Waals surface area contributed by atoms with E-state index >= 15 is 0 Å². The molecule has 2 aromatic carbocycles. The Bertz CT molecular complexity index is 715. The van der Waals surface area contributed by atoms with Gasteiger partial charge in [0.2, 0.25) is 5.91 Å². The Morgan fingerprint density at radius 3 is 2.44 bits per heavy atom. The van der Waals surface area contributed by atoms with E-state index in [0.717, 1.165) is 44.2 Å². The van der Waals surface area contributed by atoms with E-state index < -0.39 is 0 Å². The van der Waals surface area contributed by atoms with Crippen molar-refractivity contribution in [1.82, 2.24) is 10.2 Å². The number of hydrogen-bond donors (Lipinski definition) is 1. The van der Waals surface area contributed by atoms with Gasteiger partial charge in [-0.15, -0.1) is 0 Å². The molecule has 1 N–H and O–H groups in total. The smallest absolute Gasteiger partial charge is 0.234 e. The molecule has 0 atom stereocenters. The summed E-state index contributed by atoms with van der Waals surface area (Å²) in [5.74, 6) is 2.08. The normalized spacial score (nSPS) is 14.9. The van der Waals surface area contributed by atoms with Crippen molar-refractivity contribution in [3.63, 3.8) is 0 Å². The summed E-state index contributed by atoms with van der Waals surface area (Å²) in [5.41, 5.74) is 3.97. The highest BCUT2D eigenvalue weighted by Crippen LogP contribution is 2.20. The van der Waals surface area contributed by atoms with Crippen molar-refractivity contribution in [2.45, 2.75) is 12.7 Å². The van der Waals surface area contributed by atoms with Crippen LogP contribution in [-0.4, -0.2) is 55.8 Å². The zero-order valence-corrected chi connectivity index (χ0v) is 16.9. The molecule has 0 saturated carbocycles. The Hall–Kier alpha value is -1.98. The lowest BCUT2D eigenvalue weighted by molar-refractivity contribution is -0.122. The SMILES string of the molecule is Cc1ccccc1N1CCN(CC(=O)NCCSCc2ccccc2)CC1. The molecule has 1 fully saturated rings. The Balaban J connectivity index is 1.30. The average molecular weight is 384 g/mol. The Kier molecular flexibility index (Phi) is 7.60. The van der Waals surface area contributed by atoms with Crippen LogP contribution in [0, 0.1) is 6.92 Å². The fourth-order valence-electron chi connectivity index (χ4n) is 3.35. The minimum Gasteiger partial charge on any atom is -0.369 e. The van der Waals surface area contributed by atoms with Gasteiger partial charge in [0, 0.05) is 49.9 Å². The van der Waals surface area contributed by atoms with E-state index in [1.54, 1.807) is 0 Å². The first-order valence-corrected chi connectivity index (χ1v) is 10.8. The number of anilines is 1. The van der Waals surface area contributed by atoms with Crippen LogP contribution in [0.3, 0.4) is 0 Å². The van der Waals surface area contributed by atoms with Crippen LogP contribution in [0.4, 0.5) is 5.69 Å². The van der Waals surface area contributed by atoms with Crippen LogP contribution in [0.5, 0.6) is 0 Å². The fraction of sp³-hybridized carbons (Fsp3) is 0.409. The third kappa shape index (κ3) is 6.29. The summed E-state index contributed by atoms with van der Waals surface area (Å²) in [7, 11) is 0. The molecule has 0 radical (unpaired) electrons. The summed E-state index contributed by atoms with van der Waals surface area (Å²) in [6, 6.07) is 19.0. The summed E-state index contributed by atoms with van der Waals surface area (Å²) in [6.07, 6.45) is 0. The second kappa shape index (κ2) is 10.4. The number of hydrogen-bond acceptors (Lipinski definition) is 4. The van der Waals surface area contributed by atoms with Crippen molar-refractivity contribution in [3.05, 3.63) is 65.7 Å². The van der Waals surface area contributed by atoms with Crippen LogP contribution < -0.4 is 10.2 Å². The van der Waals surface area contributed by atoms with Crippen LogP contribution in [0.25, 0.3) is 0 Å². The molecule has 1 aliphatic rings. The molecule has 1 heterocycles. The molecule has 0 bridgehead atoms. The van der Waals surface area contributed by atoms with Crippen molar-refractivity contribution in [3.8, 4) is 0 Å². The van der Waals surface area contributed by atoms with Gasteiger partial charge >= 0.3 is 0 Å². The third-order valence-corrected chi connectivity index (χ3v) is 5.91. The molecule has 2 aromatic rings. The van der Waals surface area contributed by atoms with Crippen molar-refractivity contribution >= 4 is 23.4 Å². The van der Waals surface area contributed by atoms with Gasteiger partial charge in [-0.1, -0.05) is 48.5 Å². The zero-order chi connectivity index (χ0) is 18.9. The van der Waals surface area contributed by atoms with Gasteiger partial charge in [0.05, 0.1) is 6.54 Å². The number of rotatable bonds is 8. The van der Waals surface area contributed by atoms with Crippen molar-refractivity contribution in [2.24, 2.45) is 0 Å². The lowest BCUT2D eigenvalue weighted by atomic mass is 10.1. The zero-order valence-electron chi connectivity index (χ0n) is 16.1. The molecule has 1 aliphatic heterocycles. The molecular weight excluding hydrogens is 354 g/mol. The minimum atomic E-state index is 0.139. The van der Waals surface area contributed by atoms with Crippen LogP contribution in [0.15, 0.2) is 54.6 Å². The summed E-state index contributed by atoms with van der Waals surface area (Å²) >= 11 is 1.86. The number of piperazine rings is 1. The average Bonchev–Trinajstić information content (AvgIpc) is 2.70. The molecule has 5 heteroatoms. The maximum atomic E-state index is 12.2. The molecule has 1 amide bonds. The van der Waals surface area contributed by atoms with Gasteiger partial charge in [0.1, 0.15) is 0 Å². The largest absolute Gasteiger partial charge is 0.369 e. The summed E-state index contributed by atoms with van der Waals surface area (Å²) in [6.45, 7) is 7.22. The van der Waals surface area contributed by atoms with Gasteiger partial charge in [0.15, 0.2) is 0 Å². The number of aryl methyl sites for hydroxylation is 1. The van der Waals surface area contributed by atoms with Gasteiger partial charge in [-0.2, -0.15) is 11.8 Å². The number of nitrogens with one attached hydrogen (secondary N) is 1. The molecule has 27 heavy (non-hydrogen) atoms. The quantitative estimate of drug-likeness (QED) is 0.711. The Morgan fingerprint density at radius 1 is 1.00 bits per heavy atom. The lowest BCUT2D eigenvalue weighted by Crippen LogP contribution is -2.49. The van der Waals surface area contributed by atoms with E-state index in [2.05, 4.69) is 70.6 Å². The highest BCUT2D eigenvalue weighted by molar-refractivity contribution is 7.98. The molecule has 3 rings (SSSR count). The molecule has 0 unspecified atom stereocenters. The maximum Gasteiger partial charge on any atom is 0.234 e. The standard InChI is InChI=1S/C22H29N3OS/c1-19-7-5-6-10-21(19)25-14-12-24(13-15-25)17-22(26)23-11-16-27-18-20-8-3-2-4-9-20/h2-10H,11-18H2,1H3,(H,23,26). The third-order valence-electron chi connectivity index (χ3n) is 4.88. The summed E-state index contributed by atoms with van der Waals surface area (Å²) in [4.78, 5) is 16.8. The predicted octanol–water partition coefficient (Wildman–Crippen LogP) is 3.17. The van der Waals surface area contributed by atoms with E-state index in [9.17, 15) is 4.79 Å². The van der Waals surface area contributed by atoms with Crippen LogP contribution in [0.1, 0.15) is 11.1 Å². The number of amides is 1. The van der Waals surface area contributed by atoms with Crippen molar-refractivity contribution < 1.29 is 4.79 Å². The van der Waals surface area contributed by atoms with Gasteiger partial charge in [-0.05, 0) is 24.1 Å². The number of thioether (sulfide) groups is 1. The molecular formula is C22H29N3OS. The first-order chi connectivity index (χ1) is 13.2. The van der Waals surface area contributed by atoms with E-state index in [4.69, 9.17) is 0 Å². The number of carbonyl (C=O) groups excluding carboxylic acids is 1. The number of benzene rings is 2. The van der Waals surface area contributed by atoms with Gasteiger partial charge < -0.3 is 10.2 Å². The first-order valence-electron chi connectivity index (χ1n) is 9.63. The second-order valence-electron chi connectivity index (χ2n) is 6.94. The van der Waals surface area contributed by atoms with E-state index in [-0.39, 0.29) is 5.91 Å². The fourth-order valence-corrected chi connectivity index (χ4v) is 4.17. The first kappa shape index (κ1) is 19.8. The Morgan fingerprint density at radius 2 is 1.70 bits per heavy atom.